The second-order valence-corrected chi connectivity index (χ2v) is 11.0. The lowest BCUT2D eigenvalue weighted by Crippen LogP contribution is -2.54. The fraction of sp³-hybridized carbons (Fsp3) is 0.464. The number of benzene rings is 1. The molecule has 5 heterocycles. The molecule has 6 rings (SSSR count). The van der Waals surface area contributed by atoms with E-state index in [1.54, 1.807) is 0 Å². The van der Waals surface area contributed by atoms with Crippen molar-refractivity contribution in [3.63, 3.8) is 0 Å². The van der Waals surface area contributed by atoms with Gasteiger partial charge in [0.25, 0.3) is 0 Å². The minimum absolute atomic E-state index is 0.0120. The highest BCUT2D eigenvalue weighted by Crippen LogP contribution is 2.40. The largest absolute Gasteiger partial charge is 0.382 e. The molecule has 0 bridgehead atoms. The van der Waals surface area contributed by atoms with Gasteiger partial charge >= 0.3 is 0 Å². The number of rotatable bonds is 5. The third-order valence-electron chi connectivity index (χ3n) is 8.83. The summed E-state index contributed by atoms with van der Waals surface area (Å²) in [6, 6.07) is 13.5. The molecule has 8 nitrogen and oxygen atoms in total. The summed E-state index contributed by atoms with van der Waals surface area (Å²) in [5.74, 6) is 0.470. The van der Waals surface area contributed by atoms with Crippen LogP contribution < -0.4 is 5.73 Å². The Morgan fingerprint density at radius 3 is 2.58 bits per heavy atom. The summed E-state index contributed by atoms with van der Waals surface area (Å²) in [4.78, 5) is 4.34. The molecule has 2 fully saturated rings. The van der Waals surface area contributed by atoms with Gasteiger partial charge < -0.3 is 15.0 Å². The van der Waals surface area contributed by atoms with Crippen LogP contribution in [0.5, 0.6) is 0 Å². The van der Waals surface area contributed by atoms with Crippen LogP contribution in [0.3, 0.4) is 0 Å². The van der Waals surface area contributed by atoms with E-state index in [4.69, 9.17) is 15.6 Å². The average molecular weight is 487 g/mol. The number of anilines is 1. The SMILES string of the molecule is CC(C)(c1cccc(-c2cc(-c3ccnn3C3CCOCC3)c3c(N)ncnn23)c1)[N+]1(C)CCCC1. The molecule has 0 saturated carbocycles. The molecular formula is C28H36N7O+. The topological polar surface area (TPSA) is 83.3 Å². The summed E-state index contributed by atoms with van der Waals surface area (Å²) in [6.45, 7) is 8.72. The molecule has 0 unspecified atom stereocenters. The Hall–Kier alpha value is -3.23. The fourth-order valence-electron chi connectivity index (χ4n) is 6.18. The van der Waals surface area contributed by atoms with Gasteiger partial charge in [-0.15, -0.1) is 0 Å². The van der Waals surface area contributed by atoms with Gasteiger partial charge in [0.05, 0.1) is 37.6 Å². The van der Waals surface area contributed by atoms with Crippen LogP contribution in [0.15, 0.2) is 48.9 Å². The van der Waals surface area contributed by atoms with Crippen molar-refractivity contribution in [3.8, 4) is 22.5 Å². The molecule has 0 spiro atoms. The maximum atomic E-state index is 6.46. The summed E-state index contributed by atoms with van der Waals surface area (Å²) >= 11 is 0. The molecule has 4 aromatic rings. The molecule has 2 saturated heterocycles. The van der Waals surface area contributed by atoms with E-state index in [0.29, 0.717) is 11.9 Å². The maximum absolute atomic E-state index is 6.46. The molecule has 2 N–H and O–H groups in total. The molecule has 0 atom stereocenters. The number of nitrogens with two attached hydrogens (primary N) is 1. The third-order valence-corrected chi connectivity index (χ3v) is 8.83. The summed E-state index contributed by atoms with van der Waals surface area (Å²) in [7, 11) is 2.40. The molecule has 0 aliphatic carbocycles. The second-order valence-electron chi connectivity index (χ2n) is 11.0. The molecule has 0 amide bonds. The number of ether oxygens (including phenoxy) is 1. The first-order chi connectivity index (χ1) is 17.4. The number of hydrogen-bond acceptors (Lipinski definition) is 5. The first-order valence-electron chi connectivity index (χ1n) is 13.1. The second kappa shape index (κ2) is 8.71. The van der Waals surface area contributed by atoms with Crippen LogP contribution >= 0.6 is 0 Å². The molecule has 8 heteroatoms. The van der Waals surface area contributed by atoms with Crippen LogP contribution in [0, 0.1) is 0 Å². The Morgan fingerprint density at radius 1 is 1.03 bits per heavy atom. The summed E-state index contributed by atoms with van der Waals surface area (Å²) < 4.78 is 10.7. The van der Waals surface area contributed by atoms with Crippen molar-refractivity contribution in [1.29, 1.82) is 0 Å². The van der Waals surface area contributed by atoms with Crippen molar-refractivity contribution in [2.45, 2.75) is 51.1 Å². The van der Waals surface area contributed by atoms with Crippen molar-refractivity contribution in [2.75, 3.05) is 39.1 Å². The van der Waals surface area contributed by atoms with E-state index in [1.807, 2.05) is 10.7 Å². The quantitative estimate of drug-likeness (QED) is 0.415. The van der Waals surface area contributed by atoms with Gasteiger partial charge in [0.1, 0.15) is 17.4 Å². The third kappa shape index (κ3) is 3.62. The van der Waals surface area contributed by atoms with Gasteiger partial charge in [-0.3, -0.25) is 4.68 Å². The lowest BCUT2D eigenvalue weighted by atomic mass is 9.88. The number of likely N-dealkylation sites (tertiary alicyclic amines) is 1. The molecule has 36 heavy (non-hydrogen) atoms. The van der Waals surface area contributed by atoms with Crippen molar-refractivity contribution < 1.29 is 9.22 Å². The number of hydrogen-bond donors (Lipinski definition) is 1. The van der Waals surface area contributed by atoms with Crippen molar-refractivity contribution in [3.05, 3.63) is 54.5 Å². The Bertz CT molecular complexity index is 1390. The van der Waals surface area contributed by atoms with Gasteiger partial charge in [0.2, 0.25) is 0 Å². The molecule has 0 radical (unpaired) electrons. The summed E-state index contributed by atoms with van der Waals surface area (Å²) in [5.41, 5.74) is 12.8. The van der Waals surface area contributed by atoms with E-state index in [-0.39, 0.29) is 5.54 Å². The summed E-state index contributed by atoms with van der Waals surface area (Å²) in [6.07, 6.45) is 7.90. The smallest absolute Gasteiger partial charge is 0.152 e. The zero-order valence-electron chi connectivity index (χ0n) is 21.5. The van der Waals surface area contributed by atoms with Gasteiger partial charge in [-0.2, -0.15) is 10.2 Å². The highest BCUT2D eigenvalue weighted by atomic mass is 16.5. The van der Waals surface area contributed by atoms with E-state index in [0.717, 1.165) is 58.6 Å². The molecule has 2 aliphatic heterocycles. The van der Waals surface area contributed by atoms with Gasteiger partial charge in [-0.1, -0.05) is 18.2 Å². The van der Waals surface area contributed by atoms with Crippen molar-refractivity contribution in [1.82, 2.24) is 24.4 Å². The van der Waals surface area contributed by atoms with Crippen LogP contribution in [0.4, 0.5) is 5.82 Å². The minimum Gasteiger partial charge on any atom is -0.382 e. The van der Waals surface area contributed by atoms with Crippen LogP contribution in [-0.2, 0) is 10.3 Å². The van der Waals surface area contributed by atoms with Crippen molar-refractivity contribution in [2.24, 2.45) is 0 Å². The number of aromatic nitrogens is 5. The van der Waals surface area contributed by atoms with E-state index in [9.17, 15) is 0 Å². The maximum Gasteiger partial charge on any atom is 0.152 e. The zero-order valence-corrected chi connectivity index (χ0v) is 21.5. The van der Waals surface area contributed by atoms with Gasteiger partial charge in [0, 0.05) is 48.9 Å². The van der Waals surface area contributed by atoms with E-state index in [1.165, 1.54) is 37.8 Å². The van der Waals surface area contributed by atoms with E-state index in [2.05, 4.69) is 72.1 Å². The molecule has 188 valence electrons. The first kappa shape index (κ1) is 23.2. The number of fused-ring (bicyclic) bond motifs is 1. The summed E-state index contributed by atoms with van der Waals surface area (Å²) in [5, 5.41) is 9.35. The average Bonchev–Trinajstić information content (AvgIpc) is 3.64. The van der Waals surface area contributed by atoms with Gasteiger partial charge in [0.15, 0.2) is 5.82 Å². The van der Waals surface area contributed by atoms with Gasteiger partial charge in [-0.05, 0) is 44.9 Å². The lowest BCUT2D eigenvalue weighted by molar-refractivity contribution is -0.952. The fourth-order valence-corrected chi connectivity index (χ4v) is 6.18. The van der Waals surface area contributed by atoms with Crippen LogP contribution in [0.1, 0.15) is 51.1 Å². The monoisotopic (exact) mass is 486 g/mol. The number of nitrogen functional groups attached to an aromatic ring is 1. The zero-order chi connectivity index (χ0) is 24.9. The highest BCUT2D eigenvalue weighted by Gasteiger charge is 2.43. The van der Waals surface area contributed by atoms with Crippen LogP contribution in [0.25, 0.3) is 28.0 Å². The number of quaternary nitrogens is 1. The van der Waals surface area contributed by atoms with Crippen LogP contribution in [-0.4, -0.2) is 62.2 Å². The van der Waals surface area contributed by atoms with Crippen molar-refractivity contribution >= 4 is 11.3 Å². The Morgan fingerprint density at radius 2 is 1.81 bits per heavy atom. The molecule has 1 aromatic carbocycles. The number of nitrogens with zero attached hydrogens (tertiary/aromatic N) is 6. The minimum atomic E-state index is 0.0120. The molecule has 3 aromatic heterocycles. The Kier molecular flexibility index (Phi) is 5.61. The molecular weight excluding hydrogens is 450 g/mol. The Balaban J connectivity index is 1.48. The first-order valence-corrected chi connectivity index (χ1v) is 13.1. The standard InChI is InChI=1S/C28H36N7O/c1-28(2,35(3)13-4-5-14-35)21-8-6-7-20(17-21)25-18-23(26-27(29)30-19-32-34(25)26)24-9-12-31-33(24)22-10-15-36-16-11-22/h6-9,12,17-19,22H,4-5,10-11,13-16H2,1-3H3,(H2,29,30,32)/q+1. The predicted molar refractivity (Wildman–Crippen MR) is 141 cm³/mol. The van der Waals surface area contributed by atoms with Crippen LogP contribution in [0.2, 0.25) is 0 Å². The van der Waals surface area contributed by atoms with Gasteiger partial charge in [-0.25, -0.2) is 9.50 Å². The van der Waals surface area contributed by atoms with E-state index >= 15 is 0 Å². The normalized spacial score (nSPS) is 18.8. The highest BCUT2D eigenvalue weighted by molar-refractivity contribution is 5.91. The lowest BCUT2D eigenvalue weighted by Gasteiger charge is -2.45. The van der Waals surface area contributed by atoms with E-state index < -0.39 is 0 Å². The molecule has 2 aliphatic rings. The Labute approximate surface area is 212 Å². The predicted octanol–water partition coefficient (Wildman–Crippen LogP) is 4.67.